The predicted octanol–water partition coefficient (Wildman–Crippen LogP) is 2.91. The lowest BCUT2D eigenvalue weighted by molar-refractivity contribution is -0.179. The van der Waals surface area contributed by atoms with E-state index in [0.29, 0.717) is 17.3 Å². The second-order valence-corrected chi connectivity index (χ2v) is 8.69. The highest BCUT2D eigenvalue weighted by Crippen LogP contribution is 2.38. The number of halogens is 4. The lowest BCUT2D eigenvalue weighted by Crippen LogP contribution is -2.39. The smallest absolute Gasteiger partial charge is 0.375 e. The molecule has 2 heterocycles. The van der Waals surface area contributed by atoms with Gasteiger partial charge in [-0.05, 0) is 57.7 Å². The molecule has 1 aromatic rings. The summed E-state index contributed by atoms with van der Waals surface area (Å²) in [6, 6.07) is 3.45. The van der Waals surface area contributed by atoms with Crippen molar-refractivity contribution in [3.63, 3.8) is 0 Å². The van der Waals surface area contributed by atoms with Crippen LogP contribution in [0.1, 0.15) is 24.8 Å². The number of benzene rings is 1. The molecule has 0 radical (unpaired) electrons. The maximum absolute atomic E-state index is 15.0. The van der Waals surface area contributed by atoms with E-state index in [4.69, 9.17) is 18.0 Å². The molecule has 3 rings (SSSR count). The fourth-order valence-electron chi connectivity index (χ4n) is 4.18. The van der Waals surface area contributed by atoms with Crippen LogP contribution in [0.3, 0.4) is 0 Å². The summed E-state index contributed by atoms with van der Waals surface area (Å²) in [6.45, 7) is 1.88. The number of anilines is 2. The SMILES string of the molecule is CN(C)[C@@H]1CCN(c2cc(N3CCC(C(F)(F)F)CC3)c(F)cc2/C=N/NC(N)=S)C1. The van der Waals surface area contributed by atoms with Gasteiger partial charge in [0.25, 0.3) is 0 Å². The number of hydrogen-bond acceptors (Lipinski definition) is 5. The van der Waals surface area contributed by atoms with Gasteiger partial charge in [0.2, 0.25) is 0 Å². The molecule has 31 heavy (non-hydrogen) atoms. The number of hydrogen-bond donors (Lipinski definition) is 2. The number of nitrogens with zero attached hydrogens (tertiary/aromatic N) is 4. The number of thiocarbonyl (C=S) groups is 1. The highest BCUT2D eigenvalue weighted by Gasteiger charge is 2.41. The topological polar surface area (TPSA) is 60.1 Å². The van der Waals surface area contributed by atoms with Crippen molar-refractivity contribution in [2.75, 3.05) is 50.1 Å². The minimum atomic E-state index is -4.20. The van der Waals surface area contributed by atoms with Crippen LogP contribution in [-0.4, -0.2) is 68.7 Å². The van der Waals surface area contributed by atoms with Gasteiger partial charge < -0.3 is 20.4 Å². The monoisotopic (exact) mass is 460 g/mol. The van der Waals surface area contributed by atoms with E-state index in [-0.39, 0.29) is 31.0 Å². The first kappa shape index (κ1) is 23.5. The highest BCUT2D eigenvalue weighted by molar-refractivity contribution is 7.80. The average Bonchev–Trinajstić information content (AvgIpc) is 3.18. The number of hydrazone groups is 1. The Morgan fingerprint density at radius 1 is 1.16 bits per heavy atom. The van der Waals surface area contributed by atoms with Crippen LogP contribution in [0.5, 0.6) is 0 Å². The summed E-state index contributed by atoms with van der Waals surface area (Å²) in [5, 5.41) is 3.96. The fraction of sp³-hybridized carbons (Fsp3) is 0.600. The molecule has 2 aliphatic heterocycles. The molecule has 2 saturated heterocycles. The molecule has 0 spiro atoms. The highest BCUT2D eigenvalue weighted by atomic mass is 32.1. The molecule has 0 unspecified atom stereocenters. The Balaban J connectivity index is 1.88. The lowest BCUT2D eigenvalue weighted by Gasteiger charge is -2.35. The van der Waals surface area contributed by atoms with E-state index in [1.807, 2.05) is 14.1 Å². The quantitative estimate of drug-likeness (QED) is 0.305. The second-order valence-electron chi connectivity index (χ2n) is 8.25. The maximum Gasteiger partial charge on any atom is 0.391 e. The lowest BCUT2D eigenvalue weighted by atomic mass is 9.95. The van der Waals surface area contributed by atoms with Crippen LogP contribution in [-0.2, 0) is 0 Å². The molecule has 0 aliphatic carbocycles. The van der Waals surface area contributed by atoms with E-state index < -0.39 is 17.9 Å². The van der Waals surface area contributed by atoms with Crippen LogP contribution in [0.25, 0.3) is 0 Å². The van der Waals surface area contributed by atoms with Crippen LogP contribution in [0.15, 0.2) is 17.2 Å². The van der Waals surface area contributed by atoms with Crippen molar-refractivity contribution in [3.8, 4) is 0 Å². The summed E-state index contributed by atoms with van der Waals surface area (Å²) in [4.78, 5) is 6.00. The molecule has 1 atom stereocenters. The molecule has 11 heteroatoms. The molecule has 3 N–H and O–H groups in total. The van der Waals surface area contributed by atoms with Crippen molar-refractivity contribution in [1.29, 1.82) is 0 Å². The van der Waals surface area contributed by atoms with Crippen LogP contribution in [0.2, 0.25) is 0 Å². The third-order valence-electron chi connectivity index (χ3n) is 6.01. The number of rotatable bonds is 5. The summed E-state index contributed by atoms with van der Waals surface area (Å²) in [6.07, 6.45) is -1.86. The molecule has 2 fully saturated rings. The van der Waals surface area contributed by atoms with E-state index in [9.17, 15) is 13.2 Å². The summed E-state index contributed by atoms with van der Waals surface area (Å²) < 4.78 is 54.0. The number of alkyl halides is 3. The van der Waals surface area contributed by atoms with Gasteiger partial charge in [-0.2, -0.15) is 18.3 Å². The first-order valence-corrected chi connectivity index (χ1v) is 10.6. The van der Waals surface area contributed by atoms with E-state index in [2.05, 4.69) is 20.3 Å². The minimum Gasteiger partial charge on any atom is -0.375 e. The fourth-order valence-corrected chi connectivity index (χ4v) is 4.23. The minimum absolute atomic E-state index is 0.00345. The van der Waals surface area contributed by atoms with E-state index in [1.165, 1.54) is 12.3 Å². The zero-order chi connectivity index (χ0) is 22.8. The number of nitrogens with one attached hydrogen (secondary N) is 1. The number of piperidine rings is 1. The van der Waals surface area contributed by atoms with Crippen LogP contribution < -0.4 is 21.0 Å². The van der Waals surface area contributed by atoms with Crippen LogP contribution >= 0.6 is 12.2 Å². The van der Waals surface area contributed by atoms with Crippen molar-refractivity contribution in [2.24, 2.45) is 16.8 Å². The Bertz CT molecular complexity index is 821. The Labute approximate surface area is 185 Å². The first-order valence-electron chi connectivity index (χ1n) is 10.2. The van der Waals surface area contributed by atoms with E-state index in [0.717, 1.165) is 25.2 Å². The maximum atomic E-state index is 15.0. The zero-order valence-corrected chi connectivity index (χ0v) is 18.4. The van der Waals surface area contributed by atoms with Crippen molar-refractivity contribution < 1.29 is 17.6 Å². The van der Waals surface area contributed by atoms with E-state index in [1.54, 1.807) is 11.0 Å². The average molecular weight is 461 g/mol. The molecule has 0 bridgehead atoms. The van der Waals surface area contributed by atoms with Crippen molar-refractivity contribution in [1.82, 2.24) is 10.3 Å². The van der Waals surface area contributed by atoms with Gasteiger partial charge in [-0.1, -0.05) is 0 Å². The molecule has 6 nitrogen and oxygen atoms in total. The first-order chi connectivity index (χ1) is 14.6. The molecular formula is C20H28F4N6S. The molecular weight excluding hydrogens is 432 g/mol. The van der Waals surface area contributed by atoms with Crippen molar-refractivity contribution in [3.05, 3.63) is 23.5 Å². The predicted molar refractivity (Wildman–Crippen MR) is 119 cm³/mol. The summed E-state index contributed by atoms with van der Waals surface area (Å²) in [5.41, 5.74) is 9.52. The summed E-state index contributed by atoms with van der Waals surface area (Å²) in [5.74, 6) is -1.82. The van der Waals surface area contributed by atoms with Gasteiger partial charge in [0.15, 0.2) is 5.11 Å². The van der Waals surface area contributed by atoms with Gasteiger partial charge in [-0.3, -0.25) is 5.43 Å². The van der Waals surface area contributed by atoms with Gasteiger partial charge in [0, 0.05) is 43.5 Å². The molecule has 172 valence electrons. The molecule has 0 saturated carbocycles. The summed E-state index contributed by atoms with van der Waals surface area (Å²) >= 11 is 4.74. The molecule has 0 amide bonds. The van der Waals surface area contributed by atoms with Crippen molar-refractivity contribution >= 4 is 34.9 Å². The van der Waals surface area contributed by atoms with Gasteiger partial charge >= 0.3 is 6.18 Å². The normalized spacial score (nSPS) is 20.8. The second kappa shape index (κ2) is 9.56. The van der Waals surface area contributed by atoms with Gasteiger partial charge in [-0.15, -0.1) is 0 Å². The Morgan fingerprint density at radius 3 is 2.35 bits per heavy atom. The Kier molecular flexibility index (Phi) is 7.25. The number of likely N-dealkylation sites (N-methyl/N-ethyl adjacent to an activating group) is 1. The van der Waals surface area contributed by atoms with Crippen LogP contribution in [0.4, 0.5) is 28.9 Å². The summed E-state index contributed by atoms with van der Waals surface area (Å²) in [7, 11) is 4.03. The molecule has 0 aromatic heterocycles. The van der Waals surface area contributed by atoms with Gasteiger partial charge in [-0.25, -0.2) is 4.39 Å². The largest absolute Gasteiger partial charge is 0.391 e. The molecule has 1 aromatic carbocycles. The zero-order valence-electron chi connectivity index (χ0n) is 17.6. The standard InChI is InChI=1S/C20H28F4N6S/c1-28(2)15-5-8-30(12-15)17-10-18(16(21)9-13(17)11-26-27-19(25)31)29-6-3-14(4-7-29)20(22,23)24/h9-11,14-15H,3-8,12H2,1-2H3,(H3,25,27,31)/b26-11+/t15-/m1/s1. The van der Waals surface area contributed by atoms with Crippen molar-refractivity contribution in [2.45, 2.75) is 31.5 Å². The Hall–Kier alpha value is -2.14. The van der Waals surface area contributed by atoms with Gasteiger partial charge in [0.05, 0.1) is 17.8 Å². The van der Waals surface area contributed by atoms with Crippen LogP contribution in [0, 0.1) is 11.7 Å². The van der Waals surface area contributed by atoms with E-state index >= 15 is 4.39 Å². The third kappa shape index (κ3) is 5.76. The third-order valence-corrected chi connectivity index (χ3v) is 6.10. The molecule has 2 aliphatic rings. The number of nitrogens with two attached hydrogens (primary N) is 1. The van der Waals surface area contributed by atoms with Gasteiger partial charge in [0.1, 0.15) is 5.82 Å². The Morgan fingerprint density at radius 2 is 1.81 bits per heavy atom.